The van der Waals surface area contributed by atoms with E-state index >= 15 is 0 Å². The van der Waals surface area contributed by atoms with Gasteiger partial charge in [-0.25, -0.2) is 0 Å². The zero-order valence-corrected chi connectivity index (χ0v) is 45.1. The third-order valence-electron chi connectivity index (χ3n) is 12.8. The Kier molecular flexibility index (Phi) is 54.3. The first-order valence-electron chi connectivity index (χ1n) is 29.3. The van der Waals surface area contributed by atoms with Crippen LogP contribution in [0.2, 0.25) is 0 Å². The molecule has 0 amide bonds. The lowest BCUT2D eigenvalue weighted by molar-refractivity contribution is -0.167. The predicted octanol–water partition coefficient (Wildman–Crippen LogP) is 19.6. The Morgan fingerprint density at radius 3 is 0.912 bits per heavy atom. The Balaban J connectivity index is 4.21. The normalized spacial score (nSPS) is 12.5. The van der Waals surface area contributed by atoms with Gasteiger partial charge in [0, 0.05) is 19.3 Å². The molecule has 0 fully saturated rings. The van der Waals surface area contributed by atoms with Crippen LogP contribution in [0, 0.1) is 0 Å². The summed E-state index contributed by atoms with van der Waals surface area (Å²) in [6, 6.07) is 0. The Morgan fingerprint density at radius 1 is 0.309 bits per heavy atom. The SMILES string of the molecule is CC/C=C\C/C=C\C/C=C\C/C=C\CCCCCCCCCCCCCCC(=O)OCC(COC(=O)CCCCCCCCCCC)OC(=O)CCCCCCC/C=C\CCCCCCCCC. The van der Waals surface area contributed by atoms with E-state index in [0.717, 1.165) is 89.9 Å². The first-order chi connectivity index (χ1) is 33.5. The van der Waals surface area contributed by atoms with E-state index in [-0.39, 0.29) is 31.1 Å². The number of hydrogen-bond donors (Lipinski definition) is 0. The topological polar surface area (TPSA) is 78.9 Å². The molecule has 0 aliphatic heterocycles. The zero-order valence-electron chi connectivity index (χ0n) is 45.1. The first kappa shape index (κ1) is 65.1. The molecule has 0 radical (unpaired) electrons. The van der Waals surface area contributed by atoms with Crippen LogP contribution in [0.3, 0.4) is 0 Å². The molecule has 0 aliphatic rings. The lowest BCUT2D eigenvalue weighted by Crippen LogP contribution is -2.30. The Bertz CT molecular complexity index is 1230. The maximum absolute atomic E-state index is 12.8. The van der Waals surface area contributed by atoms with Crippen LogP contribution in [-0.2, 0) is 28.6 Å². The van der Waals surface area contributed by atoms with Crippen molar-refractivity contribution in [3.63, 3.8) is 0 Å². The highest BCUT2D eigenvalue weighted by Gasteiger charge is 2.19. The van der Waals surface area contributed by atoms with Crippen LogP contribution in [0.1, 0.15) is 297 Å². The summed E-state index contributed by atoms with van der Waals surface area (Å²) in [5.41, 5.74) is 0. The number of hydrogen-bond acceptors (Lipinski definition) is 6. The summed E-state index contributed by atoms with van der Waals surface area (Å²) in [6.07, 6.45) is 70.8. The van der Waals surface area contributed by atoms with Crippen molar-refractivity contribution in [2.75, 3.05) is 13.2 Å². The van der Waals surface area contributed by atoms with Gasteiger partial charge in [-0.3, -0.25) is 14.4 Å². The molecule has 1 unspecified atom stereocenters. The van der Waals surface area contributed by atoms with Crippen LogP contribution in [0.5, 0.6) is 0 Å². The molecule has 0 rings (SSSR count). The fraction of sp³-hybridized carbons (Fsp3) is 0.790. The third-order valence-corrected chi connectivity index (χ3v) is 12.8. The molecular formula is C62H110O6. The van der Waals surface area contributed by atoms with Crippen molar-refractivity contribution >= 4 is 17.9 Å². The van der Waals surface area contributed by atoms with Gasteiger partial charge in [0.1, 0.15) is 13.2 Å². The van der Waals surface area contributed by atoms with E-state index in [1.165, 1.54) is 167 Å². The highest BCUT2D eigenvalue weighted by Crippen LogP contribution is 2.16. The molecule has 0 spiro atoms. The summed E-state index contributed by atoms with van der Waals surface area (Å²) in [5.74, 6) is -0.877. The second-order valence-electron chi connectivity index (χ2n) is 19.5. The molecule has 6 nitrogen and oxygen atoms in total. The van der Waals surface area contributed by atoms with Crippen LogP contribution in [0.4, 0.5) is 0 Å². The summed E-state index contributed by atoms with van der Waals surface area (Å²) < 4.78 is 16.8. The number of unbranched alkanes of at least 4 members (excludes halogenated alkanes) is 32. The van der Waals surface area contributed by atoms with E-state index in [1.807, 2.05) is 0 Å². The lowest BCUT2D eigenvalue weighted by atomic mass is 10.0. The minimum atomic E-state index is -0.776. The van der Waals surface area contributed by atoms with Crippen molar-refractivity contribution in [2.24, 2.45) is 0 Å². The van der Waals surface area contributed by atoms with E-state index in [1.54, 1.807) is 0 Å². The number of ether oxygens (including phenoxy) is 3. The average Bonchev–Trinajstić information content (AvgIpc) is 3.34. The fourth-order valence-corrected chi connectivity index (χ4v) is 8.37. The molecule has 0 heterocycles. The predicted molar refractivity (Wildman–Crippen MR) is 293 cm³/mol. The molecule has 0 aromatic rings. The molecular weight excluding hydrogens is 841 g/mol. The highest BCUT2D eigenvalue weighted by atomic mass is 16.6. The van der Waals surface area contributed by atoms with Crippen molar-refractivity contribution in [2.45, 2.75) is 303 Å². The van der Waals surface area contributed by atoms with Crippen molar-refractivity contribution in [1.29, 1.82) is 0 Å². The smallest absolute Gasteiger partial charge is 0.306 e. The van der Waals surface area contributed by atoms with Gasteiger partial charge >= 0.3 is 17.9 Å². The van der Waals surface area contributed by atoms with Crippen LogP contribution in [-0.4, -0.2) is 37.2 Å². The molecule has 0 saturated heterocycles. The molecule has 0 aromatic heterocycles. The van der Waals surface area contributed by atoms with Gasteiger partial charge < -0.3 is 14.2 Å². The largest absolute Gasteiger partial charge is 0.462 e. The number of carbonyl (C=O) groups excluding carboxylic acids is 3. The number of rotatable bonds is 53. The second kappa shape index (κ2) is 56.7. The van der Waals surface area contributed by atoms with E-state index in [0.29, 0.717) is 19.3 Å². The third kappa shape index (κ3) is 54.1. The lowest BCUT2D eigenvalue weighted by Gasteiger charge is -2.18. The maximum Gasteiger partial charge on any atom is 0.306 e. The summed E-state index contributed by atoms with van der Waals surface area (Å²) in [5, 5.41) is 0. The molecule has 1 atom stereocenters. The van der Waals surface area contributed by atoms with Crippen LogP contribution >= 0.6 is 0 Å². The second-order valence-corrected chi connectivity index (χ2v) is 19.5. The number of esters is 3. The van der Waals surface area contributed by atoms with Crippen molar-refractivity contribution in [3.05, 3.63) is 60.8 Å². The summed E-state index contributed by atoms with van der Waals surface area (Å²) in [6.45, 7) is 6.52. The van der Waals surface area contributed by atoms with Crippen LogP contribution in [0.25, 0.3) is 0 Å². The highest BCUT2D eigenvalue weighted by molar-refractivity contribution is 5.71. The molecule has 0 bridgehead atoms. The molecule has 0 aromatic carbocycles. The van der Waals surface area contributed by atoms with Gasteiger partial charge in [-0.05, 0) is 83.5 Å². The van der Waals surface area contributed by atoms with Gasteiger partial charge in [-0.1, -0.05) is 255 Å². The number of allylic oxidation sites excluding steroid dienone is 10. The van der Waals surface area contributed by atoms with E-state index in [2.05, 4.69) is 81.5 Å². The van der Waals surface area contributed by atoms with E-state index < -0.39 is 6.10 Å². The van der Waals surface area contributed by atoms with Crippen LogP contribution < -0.4 is 0 Å². The monoisotopic (exact) mass is 951 g/mol. The van der Waals surface area contributed by atoms with E-state index in [9.17, 15) is 14.4 Å². The average molecular weight is 952 g/mol. The molecule has 394 valence electrons. The fourth-order valence-electron chi connectivity index (χ4n) is 8.37. The van der Waals surface area contributed by atoms with Crippen molar-refractivity contribution in [1.82, 2.24) is 0 Å². The van der Waals surface area contributed by atoms with E-state index in [4.69, 9.17) is 14.2 Å². The molecule has 0 aliphatic carbocycles. The van der Waals surface area contributed by atoms with Gasteiger partial charge in [0.25, 0.3) is 0 Å². The molecule has 6 heteroatoms. The maximum atomic E-state index is 12.8. The molecule has 68 heavy (non-hydrogen) atoms. The van der Waals surface area contributed by atoms with Crippen molar-refractivity contribution < 1.29 is 28.6 Å². The van der Waals surface area contributed by atoms with Gasteiger partial charge in [-0.15, -0.1) is 0 Å². The summed E-state index contributed by atoms with van der Waals surface area (Å²) in [7, 11) is 0. The summed E-state index contributed by atoms with van der Waals surface area (Å²) in [4.78, 5) is 38.0. The van der Waals surface area contributed by atoms with Gasteiger partial charge in [0.2, 0.25) is 0 Å². The van der Waals surface area contributed by atoms with Crippen molar-refractivity contribution in [3.8, 4) is 0 Å². The Hall–Kier alpha value is -2.89. The standard InChI is InChI=1S/C62H110O6/c1-4-7-10-13-16-19-21-23-25-27-28-29-30-31-32-33-34-35-37-38-40-43-46-49-52-55-61(64)67-58-59(57-66-60(63)54-51-48-45-42-18-15-12-9-6-3)68-62(65)56-53-50-47-44-41-39-36-26-24-22-20-17-14-11-8-5-2/h7,10,16,19,23,25-26,28-29,36,59H,4-6,8-9,11-15,17-18,20-22,24,27,30-35,37-58H2,1-3H3/b10-7-,19-16-,25-23-,29-28-,36-26-. The van der Waals surface area contributed by atoms with Gasteiger partial charge in [0.05, 0.1) is 0 Å². The van der Waals surface area contributed by atoms with Crippen LogP contribution in [0.15, 0.2) is 60.8 Å². The Morgan fingerprint density at radius 2 is 0.574 bits per heavy atom. The van der Waals surface area contributed by atoms with Gasteiger partial charge in [0.15, 0.2) is 6.10 Å². The first-order valence-corrected chi connectivity index (χ1v) is 29.3. The minimum Gasteiger partial charge on any atom is -0.462 e. The Labute approximate surface area is 421 Å². The zero-order chi connectivity index (χ0) is 49.3. The minimum absolute atomic E-state index is 0.0750. The van der Waals surface area contributed by atoms with Gasteiger partial charge in [-0.2, -0.15) is 0 Å². The quantitative estimate of drug-likeness (QED) is 0.0262. The molecule has 0 saturated carbocycles. The summed E-state index contributed by atoms with van der Waals surface area (Å²) >= 11 is 0. The molecule has 0 N–H and O–H groups in total. The number of carbonyl (C=O) groups is 3.